The fourth-order valence-electron chi connectivity index (χ4n) is 2.99. The first-order valence-electron chi connectivity index (χ1n) is 6.54. The van der Waals surface area contributed by atoms with Gasteiger partial charge in [0.25, 0.3) is 0 Å². The predicted octanol–water partition coefficient (Wildman–Crippen LogP) is 1.83. The molecule has 1 saturated carbocycles. The van der Waals surface area contributed by atoms with Gasteiger partial charge in [-0.05, 0) is 31.9 Å². The van der Waals surface area contributed by atoms with E-state index in [0.29, 0.717) is 16.3 Å². The highest BCUT2D eigenvalue weighted by Gasteiger charge is 2.34. The van der Waals surface area contributed by atoms with Crippen molar-refractivity contribution in [3.63, 3.8) is 0 Å². The Bertz CT molecular complexity index is 348. The van der Waals surface area contributed by atoms with E-state index in [2.05, 4.69) is 11.6 Å². The molecule has 2 fully saturated rings. The highest BCUT2D eigenvalue weighted by Crippen LogP contribution is 2.39. The van der Waals surface area contributed by atoms with Crippen LogP contribution < -0.4 is 5.32 Å². The van der Waals surface area contributed by atoms with Gasteiger partial charge in [0.1, 0.15) is 0 Å². The second-order valence-corrected chi connectivity index (χ2v) is 8.93. The summed E-state index contributed by atoms with van der Waals surface area (Å²) >= 11 is 1.96. The van der Waals surface area contributed by atoms with Crippen molar-refractivity contribution in [1.29, 1.82) is 0 Å². The minimum atomic E-state index is -2.77. The number of hydrogen-bond donors (Lipinski definition) is 1. The average molecular weight is 277 g/mol. The number of thioether (sulfide) groups is 1. The van der Waals surface area contributed by atoms with Crippen LogP contribution in [0.4, 0.5) is 0 Å². The molecule has 17 heavy (non-hydrogen) atoms. The van der Waals surface area contributed by atoms with E-state index in [0.717, 1.165) is 19.4 Å². The number of nitrogens with one attached hydrogen (secondary N) is 1. The summed E-state index contributed by atoms with van der Waals surface area (Å²) < 4.78 is 23.5. The van der Waals surface area contributed by atoms with E-state index in [-0.39, 0.29) is 6.04 Å². The molecule has 0 bridgehead atoms. The van der Waals surface area contributed by atoms with Gasteiger partial charge in [0, 0.05) is 17.3 Å². The summed E-state index contributed by atoms with van der Waals surface area (Å²) in [6.45, 7) is 0.981. The lowest BCUT2D eigenvalue weighted by Crippen LogP contribution is -2.46. The molecule has 0 aromatic carbocycles. The Kier molecular flexibility index (Phi) is 4.42. The lowest BCUT2D eigenvalue weighted by molar-refractivity contribution is 0.442. The van der Waals surface area contributed by atoms with E-state index < -0.39 is 9.84 Å². The Morgan fingerprint density at radius 1 is 1.29 bits per heavy atom. The molecule has 1 N–H and O–H groups in total. The summed E-state index contributed by atoms with van der Waals surface area (Å²) in [7, 11) is -2.77. The third-order valence-corrected chi connectivity index (χ3v) is 7.36. The molecule has 1 saturated heterocycles. The molecular weight excluding hydrogens is 254 g/mol. The smallest absolute Gasteiger partial charge is 0.151 e. The molecule has 100 valence electrons. The first-order chi connectivity index (χ1) is 8.05. The van der Waals surface area contributed by atoms with E-state index in [9.17, 15) is 8.42 Å². The lowest BCUT2D eigenvalue weighted by atomic mass is 10.1. The van der Waals surface area contributed by atoms with Crippen LogP contribution in [0.5, 0.6) is 0 Å². The fourth-order valence-corrected chi connectivity index (χ4v) is 5.58. The van der Waals surface area contributed by atoms with Crippen molar-refractivity contribution in [2.75, 3.05) is 24.3 Å². The molecule has 0 aromatic heterocycles. The number of sulfone groups is 1. The maximum atomic E-state index is 11.6. The average Bonchev–Trinajstić information content (AvgIpc) is 2.75. The van der Waals surface area contributed by atoms with Gasteiger partial charge in [-0.2, -0.15) is 11.8 Å². The summed E-state index contributed by atoms with van der Waals surface area (Å²) in [5.74, 6) is 0.732. The molecule has 0 spiro atoms. The second-order valence-electron chi connectivity index (χ2n) is 5.43. The van der Waals surface area contributed by atoms with Gasteiger partial charge in [0.2, 0.25) is 0 Å². The Morgan fingerprint density at radius 2 is 2.00 bits per heavy atom. The molecule has 0 radical (unpaired) electrons. The van der Waals surface area contributed by atoms with Gasteiger partial charge in [0.15, 0.2) is 9.84 Å². The fraction of sp³-hybridized carbons (Fsp3) is 1.00. The summed E-state index contributed by atoms with van der Waals surface area (Å²) in [5, 5.41) is 3.51. The van der Waals surface area contributed by atoms with Gasteiger partial charge >= 0.3 is 0 Å². The van der Waals surface area contributed by atoms with Gasteiger partial charge in [-0.1, -0.05) is 12.8 Å². The second kappa shape index (κ2) is 5.49. The molecule has 2 rings (SSSR count). The topological polar surface area (TPSA) is 46.2 Å². The van der Waals surface area contributed by atoms with Crippen LogP contribution in [0.2, 0.25) is 0 Å². The standard InChI is InChI=1S/C12H23NO2S2/c1-16-12(6-2-3-7-12)10-13-11-5-4-8-17(14,15)9-11/h11,13H,2-10H2,1H3. The van der Waals surface area contributed by atoms with Crippen LogP contribution in [-0.4, -0.2) is 43.5 Å². The van der Waals surface area contributed by atoms with Crippen LogP contribution in [0.1, 0.15) is 38.5 Å². The predicted molar refractivity (Wildman–Crippen MR) is 74.4 cm³/mol. The maximum Gasteiger partial charge on any atom is 0.151 e. The number of hydrogen-bond acceptors (Lipinski definition) is 4. The van der Waals surface area contributed by atoms with Crippen LogP contribution in [0.3, 0.4) is 0 Å². The van der Waals surface area contributed by atoms with Crippen molar-refractivity contribution in [2.24, 2.45) is 0 Å². The Balaban J connectivity index is 1.85. The van der Waals surface area contributed by atoms with Gasteiger partial charge in [-0.15, -0.1) is 0 Å². The van der Waals surface area contributed by atoms with E-state index >= 15 is 0 Å². The highest BCUT2D eigenvalue weighted by atomic mass is 32.2. The zero-order chi connectivity index (χ0) is 12.4. The van der Waals surface area contributed by atoms with E-state index in [4.69, 9.17) is 0 Å². The van der Waals surface area contributed by atoms with Crippen LogP contribution in [0.25, 0.3) is 0 Å². The number of rotatable bonds is 4. The monoisotopic (exact) mass is 277 g/mol. The molecule has 1 heterocycles. The van der Waals surface area contributed by atoms with Gasteiger partial charge in [-0.3, -0.25) is 0 Å². The third kappa shape index (κ3) is 3.61. The maximum absolute atomic E-state index is 11.6. The Hall–Kier alpha value is 0.260. The van der Waals surface area contributed by atoms with Crippen LogP contribution in [0.15, 0.2) is 0 Å². The minimum Gasteiger partial charge on any atom is -0.312 e. The van der Waals surface area contributed by atoms with Crippen molar-refractivity contribution in [3.8, 4) is 0 Å². The largest absolute Gasteiger partial charge is 0.312 e. The van der Waals surface area contributed by atoms with Crippen LogP contribution >= 0.6 is 11.8 Å². The van der Waals surface area contributed by atoms with Crippen molar-refractivity contribution >= 4 is 21.6 Å². The minimum absolute atomic E-state index is 0.193. The van der Waals surface area contributed by atoms with Crippen molar-refractivity contribution in [2.45, 2.75) is 49.3 Å². The first-order valence-corrected chi connectivity index (χ1v) is 9.59. The van der Waals surface area contributed by atoms with E-state index in [1.54, 1.807) is 0 Å². The Morgan fingerprint density at radius 3 is 2.59 bits per heavy atom. The third-order valence-electron chi connectivity index (χ3n) is 4.12. The molecule has 1 aliphatic carbocycles. The summed E-state index contributed by atoms with van der Waals surface area (Å²) in [5.41, 5.74) is 0. The molecule has 1 aliphatic heterocycles. The summed E-state index contributed by atoms with van der Waals surface area (Å²) in [6.07, 6.45) is 9.23. The molecular formula is C12H23NO2S2. The van der Waals surface area contributed by atoms with Gasteiger partial charge in [-0.25, -0.2) is 8.42 Å². The van der Waals surface area contributed by atoms with Gasteiger partial charge < -0.3 is 5.32 Å². The molecule has 5 heteroatoms. The molecule has 0 amide bonds. The van der Waals surface area contributed by atoms with Crippen molar-refractivity contribution in [3.05, 3.63) is 0 Å². The van der Waals surface area contributed by atoms with Crippen LogP contribution in [0, 0.1) is 0 Å². The molecule has 1 unspecified atom stereocenters. The molecule has 0 aromatic rings. The van der Waals surface area contributed by atoms with Gasteiger partial charge in [0.05, 0.1) is 11.5 Å². The van der Waals surface area contributed by atoms with Crippen LogP contribution in [-0.2, 0) is 9.84 Å². The quantitative estimate of drug-likeness (QED) is 0.851. The lowest BCUT2D eigenvalue weighted by Gasteiger charge is -2.31. The molecule has 3 nitrogen and oxygen atoms in total. The summed E-state index contributed by atoms with van der Waals surface area (Å²) in [6, 6.07) is 0.193. The normalized spacial score (nSPS) is 31.5. The van der Waals surface area contributed by atoms with E-state index in [1.807, 2.05) is 11.8 Å². The van der Waals surface area contributed by atoms with Crippen molar-refractivity contribution < 1.29 is 8.42 Å². The first kappa shape index (κ1) is 13.7. The SMILES string of the molecule is CSC1(CNC2CCCS(=O)(=O)C2)CCCC1. The Labute approximate surface area is 109 Å². The zero-order valence-corrected chi connectivity index (χ0v) is 12.2. The molecule has 1 atom stereocenters. The summed E-state index contributed by atoms with van der Waals surface area (Å²) in [4.78, 5) is 0. The van der Waals surface area contributed by atoms with E-state index in [1.165, 1.54) is 25.7 Å². The highest BCUT2D eigenvalue weighted by molar-refractivity contribution is 8.00. The molecule has 2 aliphatic rings. The van der Waals surface area contributed by atoms with Crippen molar-refractivity contribution in [1.82, 2.24) is 5.32 Å². The zero-order valence-electron chi connectivity index (χ0n) is 10.6.